The normalized spacial score (nSPS) is 9.92. The van der Waals surface area contributed by atoms with E-state index >= 15 is 0 Å². The first-order valence-electron chi connectivity index (χ1n) is 4.06. The van der Waals surface area contributed by atoms with Crippen LogP contribution in [0.2, 0.25) is 0 Å². The van der Waals surface area contributed by atoms with Crippen molar-refractivity contribution in [2.75, 3.05) is 0 Å². The molecule has 1 heterocycles. The Balaban J connectivity index is 2.44. The molecule has 1 aromatic rings. The lowest BCUT2D eigenvalue weighted by Gasteiger charge is -1.97. The van der Waals surface area contributed by atoms with E-state index < -0.39 is 5.97 Å². The molecule has 0 fully saturated rings. The summed E-state index contributed by atoms with van der Waals surface area (Å²) in [4.78, 5) is 10.4. The van der Waals surface area contributed by atoms with E-state index in [2.05, 4.69) is 6.58 Å². The van der Waals surface area contributed by atoms with Gasteiger partial charge in [0.25, 0.3) is 0 Å². The summed E-state index contributed by atoms with van der Waals surface area (Å²) in [7, 11) is 0. The van der Waals surface area contributed by atoms with Crippen LogP contribution in [0.1, 0.15) is 17.9 Å². The van der Waals surface area contributed by atoms with E-state index in [0.29, 0.717) is 12.8 Å². The molecular weight excluding hydrogens is 168 g/mol. The first-order chi connectivity index (χ1) is 6.09. The average molecular weight is 180 g/mol. The van der Waals surface area contributed by atoms with E-state index in [1.165, 1.54) is 0 Å². The smallest absolute Gasteiger partial charge is 0.330 e. The molecule has 1 rings (SSSR count). The Labute approximate surface area is 76.7 Å². The zero-order valence-corrected chi connectivity index (χ0v) is 7.54. The topological polar surface area (TPSA) is 50.4 Å². The van der Waals surface area contributed by atoms with Gasteiger partial charge in [-0.25, -0.2) is 4.79 Å². The molecule has 0 bridgehead atoms. The van der Waals surface area contributed by atoms with Crippen molar-refractivity contribution in [2.45, 2.75) is 19.8 Å². The largest absolute Gasteiger partial charge is 0.478 e. The molecule has 3 nitrogen and oxygen atoms in total. The molecule has 13 heavy (non-hydrogen) atoms. The molecule has 0 aliphatic carbocycles. The number of rotatable bonds is 4. The van der Waals surface area contributed by atoms with Crippen LogP contribution in [0.25, 0.3) is 0 Å². The summed E-state index contributed by atoms with van der Waals surface area (Å²) in [5.74, 6) is 0.708. The molecule has 70 valence electrons. The molecule has 1 N–H and O–H groups in total. The highest BCUT2D eigenvalue weighted by molar-refractivity contribution is 5.85. The van der Waals surface area contributed by atoms with Crippen LogP contribution in [0.15, 0.2) is 28.7 Å². The van der Waals surface area contributed by atoms with Crippen LogP contribution in [-0.2, 0) is 11.2 Å². The van der Waals surface area contributed by atoms with Gasteiger partial charge in [-0.1, -0.05) is 6.58 Å². The molecule has 1 aromatic heterocycles. The minimum atomic E-state index is -0.941. The van der Waals surface area contributed by atoms with Crippen molar-refractivity contribution in [3.05, 3.63) is 35.8 Å². The Morgan fingerprint density at radius 3 is 2.77 bits per heavy atom. The monoisotopic (exact) mass is 180 g/mol. The van der Waals surface area contributed by atoms with Crippen LogP contribution < -0.4 is 0 Å². The van der Waals surface area contributed by atoms with Gasteiger partial charge < -0.3 is 9.52 Å². The standard InChI is InChI=1S/C10H12O3/c1-7(10(11)12)3-5-9-6-4-8(2)13-9/h4,6H,1,3,5H2,2H3,(H,11,12). The third-order valence-corrected chi connectivity index (χ3v) is 1.77. The van der Waals surface area contributed by atoms with E-state index in [-0.39, 0.29) is 5.57 Å². The molecule has 0 aliphatic rings. The number of carboxylic acids is 1. The molecule has 0 radical (unpaired) electrons. The van der Waals surface area contributed by atoms with Crippen LogP contribution in [0.3, 0.4) is 0 Å². The lowest BCUT2D eigenvalue weighted by atomic mass is 10.1. The highest BCUT2D eigenvalue weighted by Crippen LogP contribution is 2.11. The Morgan fingerprint density at radius 2 is 2.31 bits per heavy atom. The van der Waals surface area contributed by atoms with Gasteiger partial charge in [0.15, 0.2) is 0 Å². The van der Waals surface area contributed by atoms with Crippen LogP contribution in [0.4, 0.5) is 0 Å². The van der Waals surface area contributed by atoms with Gasteiger partial charge in [-0.2, -0.15) is 0 Å². The predicted molar refractivity (Wildman–Crippen MR) is 48.5 cm³/mol. The second kappa shape index (κ2) is 3.94. The van der Waals surface area contributed by atoms with Crippen molar-refractivity contribution in [3.63, 3.8) is 0 Å². The maximum Gasteiger partial charge on any atom is 0.330 e. The Hall–Kier alpha value is -1.51. The second-order valence-corrected chi connectivity index (χ2v) is 2.92. The Bertz CT molecular complexity index is 323. The van der Waals surface area contributed by atoms with E-state index in [9.17, 15) is 4.79 Å². The van der Waals surface area contributed by atoms with Crippen LogP contribution in [-0.4, -0.2) is 11.1 Å². The van der Waals surface area contributed by atoms with Crippen molar-refractivity contribution in [3.8, 4) is 0 Å². The fourth-order valence-electron chi connectivity index (χ4n) is 1.00. The van der Waals surface area contributed by atoms with Gasteiger partial charge in [0.1, 0.15) is 11.5 Å². The minimum absolute atomic E-state index is 0.217. The average Bonchev–Trinajstić information content (AvgIpc) is 2.47. The lowest BCUT2D eigenvalue weighted by molar-refractivity contribution is -0.132. The van der Waals surface area contributed by atoms with E-state index in [0.717, 1.165) is 11.5 Å². The van der Waals surface area contributed by atoms with Crippen LogP contribution in [0.5, 0.6) is 0 Å². The third kappa shape index (κ3) is 2.78. The van der Waals surface area contributed by atoms with E-state index in [1.54, 1.807) is 0 Å². The third-order valence-electron chi connectivity index (χ3n) is 1.77. The zero-order chi connectivity index (χ0) is 9.84. The van der Waals surface area contributed by atoms with Gasteiger partial charge in [0, 0.05) is 12.0 Å². The molecule has 3 heteroatoms. The number of hydrogen-bond acceptors (Lipinski definition) is 2. The van der Waals surface area contributed by atoms with E-state index in [4.69, 9.17) is 9.52 Å². The Morgan fingerprint density at radius 1 is 1.62 bits per heavy atom. The maximum absolute atomic E-state index is 10.4. The number of carboxylic acid groups (broad SMARTS) is 1. The molecule has 0 amide bonds. The van der Waals surface area contributed by atoms with Crippen molar-refractivity contribution < 1.29 is 14.3 Å². The zero-order valence-electron chi connectivity index (χ0n) is 7.54. The van der Waals surface area contributed by atoms with Crippen molar-refractivity contribution >= 4 is 5.97 Å². The number of carbonyl (C=O) groups is 1. The Kier molecular flexibility index (Phi) is 2.90. The fraction of sp³-hybridized carbons (Fsp3) is 0.300. The summed E-state index contributed by atoms with van der Waals surface area (Å²) in [5.41, 5.74) is 0.217. The second-order valence-electron chi connectivity index (χ2n) is 2.92. The summed E-state index contributed by atoms with van der Waals surface area (Å²) < 4.78 is 5.28. The quantitative estimate of drug-likeness (QED) is 0.722. The van der Waals surface area contributed by atoms with Crippen molar-refractivity contribution in [2.24, 2.45) is 0 Å². The minimum Gasteiger partial charge on any atom is -0.478 e. The summed E-state index contributed by atoms with van der Waals surface area (Å²) in [6.45, 7) is 5.29. The lowest BCUT2D eigenvalue weighted by Crippen LogP contribution is -1.99. The molecule has 0 atom stereocenters. The molecule has 0 unspecified atom stereocenters. The van der Waals surface area contributed by atoms with Crippen molar-refractivity contribution in [1.82, 2.24) is 0 Å². The first-order valence-corrected chi connectivity index (χ1v) is 4.06. The number of aryl methyl sites for hydroxylation is 2. The van der Waals surface area contributed by atoms with Gasteiger partial charge in [0.05, 0.1) is 0 Å². The fourth-order valence-corrected chi connectivity index (χ4v) is 1.00. The SMILES string of the molecule is C=C(CCc1ccc(C)o1)C(=O)O. The molecular formula is C10H12O3. The predicted octanol–water partition coefficient (Wildman–Crippen LogP) is 2.16. The summed E-state index contributed by atoms with van der Waals surface area (Å²) in [6.07, 6.45) is 1.03. The summed E-state index contributed by atoms with van der Waals surface area (Å²) >= 11 is 0. The number of furan rings is 1. The molecule has 0 spiro atoms. The first kappa shape index (κ1) is 9.58. The van der Waals surface area contributed by atoms with Gasteiger partial charge in [-0.3, -0.25) is 0 Å². The van der Waals surface area contributed by atoms with Gasteiger partial charge in [0.2, 0.25) is 0 Å². The number of aliphatic carboxylic acids is 1. The van der Waals surface area contributed by atoms with Crippen LogP contribution in [0, 0.1) is 6.92 Å². The van der Waals surface area contributed by atoms with Gasteiger partial charge in [-0.15, -0.1) is 0 Å². The molecule has 0 saturated heterocycles. The van der Waals surface area contributed by atoms with Crippen LogP contribution >= 0.6 is 0 Å². The highest BCUT2D eigenvalue weighted by Gasteiger charge is 2.05. The molecule has 0 saturated carbocycles. The van der Waals surface area contributed by atoms with Crippen molar-refractivity contribution in [1.29, 1.82) is 0 Å². The maximum atomic E-state index is 10.4. The number of hydrogen-bond donors (Lipinski definition) is 1. The summed E-state index contributed by atoms with van der Waals surface area (Å²) in [5, 5.41) is 8.54. The summed E-state index contributed by atoms with van der Waals surface area (Å²) in [6, 6.07) is 3.71. The van der Waals surface area contributed by atoms with E-state index in [1.807, 2.05) is 19.1 Å². The highest BCUT2D eigenvalue weighted by atomic mass is 16.4. The molecule has 0 aromatic carbocycles. The van der Waals surface area contributed by atoms with Gasteiger partial charge in [-0.05, 0) is 25.5 Å². The molecule has 0 aliphatic heterocycles. The van der Waals surface area contributed by atoms with Gasteiger partial charge >= 0.3 is 5.97 Å².